The number of nitrogens with one attached hydrogen (secondary N) is 2. The number of hydrogen-bond donors (Lipinski definition) is 3. The summed E-state index contributed by atoms with van der Waals surface area (Å²) < 4.78 is 26.7. The topological polar surface area (TPSA) is 98.3 Å². The lowest BCUT2D eigenvalue weighted by Crippen LogP contribution is -2.51. The van der Waals surface area contributed by atoms with Gasteiger partial charge in [-0.25, -0.2) is 8.78 Å². The van der Waals surface area contributed by atoms with E-state index in [4.69, 9.17) is 0 Å². The molecule has 2 heterocycles. The molecule has 0 unspecified atom stereocenters. The molecule has 0 spiro atoms. The zero-order chi connectivity index (χ0) is 18.8. The van der Waals surface area contributed by atoms with Gasteiger partial charge >= 0.3 is 0 Å². The molecule has 2 amide bonds. The Balaban J connectivity index is 1.86. The van der Waals surface area contributed by atoms with Crippen LogP contribution >= 0.6 is 0 Å². The molecule has 1 atom stereocenters. The van der Waals surface area contributed by atoms with Crippen molar-refractivity contribution in [1.82, 2.24) is 20.4 Å². The van der Waals surface area contributed by atoms with Gasteiger partial charge in [0.05, 0.1) is 12.3 Å². The zero-order valence-corrected chi connectivity index (χ0v) is 14.1. The number of carbonyl (C=O) groups is 2. The van der Waals surface area contributed by atoms with Crippen LogP contribution in [0.3, 0.4) is 0 Å². The fraction of sp³-hybridized carbons (Fsp3) is 0.353. The molecule has 26 heavy (non-hydrogen) atoms. The van der Waals surface area contributed by atoms with E-state index in [-0.39, 0.29) is 6.54 Å². The smallest absolute Gasteiger partial charge is 0.247 e. The minimum atomic E-state index is -1.02. The maximum Gasteiger partial charge on any atom is 0.247 e. The Morgan fingerprint density at radius 3 is 2.81 bits per heavy atom. The van der Waals surface area contributed by atoms with Crippen LogP contribution in [-0.2, 0) is 22.6 Å². The van der Waals surface area contributed by atoms with E-state index in [0.29, 0.717) is 29.8 Å². The molecule has 0 aliphatic carbocycles. The number of halogens is 2. The maximum atomic E-state index is 13.5. The standard InChI is InChI=1S/C17H18F2N4O3/c1-9(25)20-15(8-24)17(26)23-5-4-14-11(7-23)16(22-21-14)10-2-3-12(18)13(19)6-10/h2-3,6,15,24H,4-5,7-8H2,1H3,(H,20,25)(H,21,22)/t15-/m1/s1. The highest BCUT2D eigenvalue weighted by Crippen LogP contribution is 2.29. The molecule has 7 nitrogen and oxygen atoms in total. The Labute approximate surface area is 148 Å². The van der Waals surface area contributed by atoms with Gasteiger partial charge in [-0.2, -0.15) is 5.10 Å². The van der Waals surface area contributed by atoms with Gasteiger partial charge in [-0.1, -0.05) is 0 Å². The van der Waals surface area contributed by atoms with Crippen LogP contribution in [-0.4, -0.2) is 51.2 Å². The SMILES string of the molecule is CC(=O)N[C@H](CO)C(=O)N1CCc2[nH]nc(-c3ccc(F)c(F)c3)c2C1. The van der Waals surface area contributed by atoms with Crippen molar-refractivity contribution in [1.29, 1.82) is 0 Å². The fourth-order valence-electron chi connectivity index (χ4n) is 3.02. The van der Waals surface area contributed by atoms with E-state index in [9.17, 15) is 23.5 Å². The van der Waals surface area contributed by atoms with Gasteiger partial charge in [0.1, 0.15) is 6.04 Å². The monoisotopic (exact) mass is 364 g/mol. The first-order valence-electron chi connectivity index (χ1n) is 8.09. The summed E-state index contributed by atoms with van der Waals surface area (Å²) in [6, 6.07) is 2.48. The molecule has 0 fully saturated rings. The van der Waals surface area contributed by atoms with Crippen LogP contribution in [0.25, 0.3) is 11.3 Å². The number of carbonyl (C=O) groups excluding carboxylic acids is 2. The molecular weight excluding hydrogens is 346 g/mol. The molecule has 9 heteroatoms. The van der Waals surface area contributed by atoms with Gasteiger partial charge in [-0.05, 0) is 18.2 Å². The highest BCUT2D eigenvalue weighted by Gasteiger charge is 2.30. The van der Waals surface area contributed by atoms with Gasteiger partial charge in [-0.15, -0.1) is 0 Å². The third kappa shape index (κ3) is 3.43. The van der Waals surface area contributed by atoms with Crippen molar-refractivity contribution in [2.24, 2.45) is 0 Å². The van der Waals surface area contributed by atoms with E-state index in [1.807, 2.05) is 0 Å². The second-order valence-corrected chi connectivity index (χ2v) is 6.10. The normalized spacial score (nSPS) is 14.7. The fourth-order valence-corrected chi connectivity index (χ4v) is 3.02. The second-order valence-electron chi connectivity index (χ2n) is 6.10. The molecule has 0 saturated carbocycles. The van der Waals surface area contributed by atoms with Crippen LogP contribution in [0, 0.1) is 11.6 Å². The summed E-state index contributed by atoms with van der Waals surface area (Å²) >= 11 is 0. The van der Waals surface area contributed by atoms with Gasteiger partial charge in [-0.3, -0.25) is 14.7 Å². The summed E-state index contributed by atoms with van der Waals surface area (Å²) in [7, 11) is 0. The summed E-state index contributed by atoms with van der Waals surface area (Å²) in [4.78, 5) is 25.2. The Kier molecular flexibility index (Phi) is 4.99. The summed E-state index contributed by atoms with van der Waals surface area (Å²) in [5.74, 6) is -2.75. The highest BCUT2D eigenvalue weighted by molar-refractivity contribution is 5.87. The van der Waals surface area contributed by atoms with E-state index in [2.05, 4.69) is 15.5 Å². The number of aromatic amines is 1. The number of fused-ring (bicyclic) bond motifs is 1. The molecule has 0 radical (unpaired) electrons. The number of benzene rings is 1. The molecule has 1 aliphatic rings. The zero-order valence-electron chi connectivity index (χ0n) is 14.1. The van der Waals surface area contributed by atoms with Crippen molar-refractivity contribution < 1.29 is 23.5 Å². The maximum absolute atomic E-state index is 13.5. The predicted molar refractivity (Wildman–Crippen MR) is 87.8 cm³/mol. The largest absolute Gasteiger partial charge is 0.394 e. The number of rotatable bonds is 4. The van der Waals surface area contributed by atoms with Crippen molar-refractivity contribution >= 4 is 11.8 Å². The number of H-pyrrole nitrogens is 1. The van der Waals surface area contributed by atoms with E-state index in [1.165, 1.54) is 17.9 Å². The number of amides is 2. The first-order chi connectivity index (χ1) is 12.4. The van der Waals surface area contributed by atoms with Crippen molar-refractivity contribution in [3.63, 3.8) is 0 Å². The Morgan fingerprint density at radius 1 is 1.38 bits per heavy atom. The lowest BCUT2D eigenvalue weighted by molar-refractivity contribution is -0.138. The van der Waals surface area contributed by atoms with Gasteiger partial charge in [0, 0.05) is 43.3 Å². The van der Waals surface area contributed by atoms with Crippen LogP contribution in [0.4, 0.5) is 8.78 Å². The number of aliphatic hydroxyl groups is 1. The van der Waals surface area contributed by atoms with Crippen molar-refractivity contribution in [3.8, 4) is 11.3 Å². The molecule has 138 valence electrons. The van der Waals surface area contributed by atoms with E-state index in [1.54, 1.807) is 0 Å². The third-order valence-electron chi connectivity index (χ3n) is 4.30. The van der Waals surface area contributed by atoms with Crippen molar-refractivity contribution in [2.75, 3.05) is 13.2 Å². The van der Waals surface area contributed by atoms with Gasteiger partial charge < -0.3 is 15.3 Å². The van der Waals surface area contributed by atoms with Crippen LogP contribution in [0.2, 0.25) is 0 Å². The van der Waals surface area contributed by atoms with Crippen LogP contribution < -0.4 is 5.32 Å². The molecule has 3 rings (SSSR count). The van der Waals surface area contributed by atoms with E-state index >= 15 is 0 Å². The molecule has 2 aromatic rings. The lowest BCUT2D eigenvalue weighted by Gasteiger charge is -2.30. The average Bonchev–Trinajstić information content (AvgIpc) is 3.04. The number of aromatic nitrogens is 2. The second kappa shape index (κ2) is 7.20. The Morgan fingerprint density at radius 2 is 2.15 bits per heavy atom. The Bertz CT molecular complexity index is 853. The minimum Gasteiger partial charge on any atom is -0.394 e. The van der Waals surface area contributed by atoms with Crippen LogP contribution in [0.15, 0.2) is 18.2 Å². The summed E-state index contributed by atoms with van der Waals surface area (Å²) in [5.41, 5.74) is 2.36. The first kappa shape index (κ1) is 18.0. The summed E-state index contributed by atoms with van der Waals surface area (Å²) in [5, 5.41) is 18.8. The van der Waals surface area contributed by atoms with Crippen molar-refractivity contribution in [3.05, 3.63) is 41.1 Å². The summed E-state index contributed by atoms with van der Waals surface area (Å²) in [6.07, 6.45) is 0.496. The number of hydrogen-bond acceptors (Lipinski definition) is 4. The summed E-state index contributed by atoms with van der Waals surface area (Å²) in [6.45, 7) is 1.33. The Hall–Kier alpha value is -2.81. The van der Waals surface area contributed by atoms with Gasteiger partial charge in [0.15, 0.2) is 11.6 Å². The quantitative estimate of drug-likeness (QED) is 0.745. The van der Waals surface area contributed by atoms with Crippen LogP contribution in [0.5, 0.6) is 0 Å². The average molecular weight is 364 g/mol. The highest BCUT2D eigenvalue weighted by atomic mass is 19.2. The van der Waals surface area contributed by atoms with Crippen LogP contribution in [0.1, 0.15) is 18.2 Å². The molecule has 3 N–H and O–H groups in total. The number of aliphatic hydroxyl groups excluding tert-OH is 1. The molecule has 1 aromatic heterocycles. The third-order valence-corrected chi connectivity index (χ3v) is 4.30. The first-order valence-corrected chi connectivity index (χ1v) is 8.09. The molecule has 0 saturated heterocycles. The molecule has 1 aromatic carbocycles. The lowest BCUT2D eigenvalue weighted by atomic mass is 10.0. The molecular formula is C17H18F2N4O3. The van der Waals surface area contributed by atoms with E-state index in [0.717, 1.165) is 17.8 Å². The van der Waals surface area contributed by atoms with Gasteiger partial charge in [0.2, 0.25) is 11.8 Å². The minimum absolute atomic E-state index is 0.190. The molecule has 1 aliphatic heterocycles. The van der Waals surface area contributed by atoms with Gasteiger partial charge in [0.25, 0.3) is 0 Å². The molecule has 0 bridgehead atoms. The number of nitrogens with zero attached hydrogens (tertiary/aromatic N) is 2. The predicted octanol–water partition coefficient (Wildman–Crippen LogP) is 0.737. The van der Waals surface area contributed by atoms with E-state index < -0.39 is 36.1 Å². The van der Waals surface area contributed by atoms with Crippen molar-refractivity contribution in [2.45, 2.75) is 25.9 Å².